The number of methoxy groups -OCH3 is 1. The van der Waals surface area contributed by atoms with Crippen LogP contribution >= 0.6 is 0 Å². The van der Waals surface area contributed by atoms with Gasteiger partial charge in [-0.1, -0.05) is 30.3 Å². The van der Waals surface area contributed by atoms with Crippen LogP contribution in [0.15, 0.2) is 66.9 Å². The number of anilines is 3. The Kier molecular flexibility index (Phi) is 6.10. The lowest BCUT2D eigenvalue weighted by Crippen LogP contribution is -2.46. The summed E-state index contributed by atoms with van der Waals surface area (Å²) >= 11 is 0. The van der Waals surface area contributed by atoms with Gasteiger partial charge in [0.2, 0.25) is 5.95 Å². The lowest BCUT2D eigenvalue weighted by Gasteiger charge is -2.36. The van der Waals surface area contributed by atoms with Gasteiger partial charge < -0.3 is 19.9 Å². The highest BCUT2D eigenvalue weighted by molar-refractivity contribution is 5.50. The molecule has 3 aromatic rings. The molecule has 2 aromatic carbocycles. The second-order valence-electron chi connectivity index (χ2n) is 7.07. The summed E-state index contributed by atoms with van der Waals surface area (Å²) in [6.07, 6.45) is 2.74. The largest absolute Gasteiger partial charge is 0.497 e. The molecule has 0 bridgehead atoms. The van der Waals surface area contributed by atoms with Crippen LogP contribution in [0.3, 0.4) is 0 Å². The number of piperazine rings is 1. The molecule has 1 aliphatic heterocycles. The van der Waals surface area contributed by atoms with Crippen molar-refractivity contribution >= 4 is 17.5 Å². The Labute approximate surface area is 172 Å². The second kappa shape index (κ2) is 9.28. The number of para-hydroxylation sites is 1. The van der Waals surface area contributed by atoms with Crippen LogP contribution in [0.1, 0.15) is 5.56 Å². The van der Waals surface area contributed by atoms with Crippen molar-refractivity contribution < 1.29 is 4.74 Å². The molecule has 150 valence electrons. The van der Waals surface area contributed by atoms with Crippen molar-refractivity contribution in [3.63, 3.8) is 0 Å². The maximum atomic E-state index is 5.20. The van der Waals surface area contributed by atoms with Crippen LogP contribution < -0.4 is 19.9 Å². The fourth-order valence-electron chi connectivity index (χ4n) is 3.55. The molecule has 1 saturated heterocycles. The smallest absolute Gasteiger partial charge is 0.224 e. The van der Waals surface area contributed by atoms with E-state index in [1.807, 2.05) is 24.4 Å². The lowest BCUT2D eigenvalue weighted by molar-refractivity contribution is 0.414. The van der Waals surface area contributed by atoms with Gasteiger partial charge in [0, 0.05) is 44.6 Å². The van der Waals surface area contributed by atoms with Crippen molar-refractivity contribution in [1.29, 1.82) is 0 Å². The van der Waals surface area contributed by atoms with Crippen LogP contribution in [0, 0.1) is 0 Å². The zero-order chi connectivity index (χ0) is 19.9. The van der Waals surface area contributed by atoms with Crippen LogP contribution in [0.4, 0.5) is 17.5 Å². The van der Waals surface area contributed by atoms with Crippen LogP contribution in [-0.4, -0.2) is 49.8 Å². The minimum atomic E-state index is 0.682. The fourth-order valence-corrected chi connectivity index (χ4v) is 3.55. The molecule has 4 rings (SSSR count). The number of hydrogen-bond donors (Lipinski definition) is 1. The molecular formula is C23H27N5O. The average Bonchev–Trinajstić information content (AvgIpc) is 2.80. The van der Waals surface area contributed by atoms with Gasteiger partial charge in [0.25, 0.3) is 0 Å². The van der Waals surface area contributed by atoms with Crippen molar-refractivity contribution in [3.8, 4) is 5.75 Å². The highest BCUT2D eigenvalue weighted by atomic mass is 16.5. The van der Waals surface area contributed by atoms with Crippen LogP contribution in [0.5, 0.6) is 5.75 Å². The van der Waals surface area contributed by atoms with Gasteiger partial charge in [-0.15, -0.1) is 0 Å². The zero-order valence-corrected chi connectivity index (χ0v) is 16.8. The predicted octanol–water partition coefficient (Wildman–Crippen LogP) is 3.47. The molecule has 0 unspecified atom stereocenters. The summed E-state index contributed by atoms with van der Waals surface area (Å²) in [6.45, 7) is 4.69. The van der Waals surface area contributed by atoms with Gasteiger partial charge in [-0.25, -0.2) is 4.98 Å². The standard InChI is InChI=1S/C23H27N5O/c1-29-21-9-7-19(8-10-21)11-13-24-23-25-14-12-22(26-23)28-17-15-27(16-18-28)20-5-3-2-4-6-20/h2-10,12,14H,11,13,15-18H2,1H3,(H,24,25,26). The summed E-state index contributed by atoms with van der Waals surface area (Å²) in [5, 5.41) is 3.35. The first-order valence-electron chi connectivity index (χ1n) is 10.1. The SMILES string of the molecule is COc1ccc(CCNc2nccc(N3CCN(c4ccccc4)CC3)n2)cc1. The van der Waals surface area contributed by atoms with E-state index < -0.39 is 0 Å². The van der Waals surface area contributed by atoms with E-state index in [0.29, 0.717) is 5.95 Å². The van der Waals surface area contributed by atoms with Gasteiger partial charge in [0.1, 0.15) is 11.6 Å². The lowest BCUT2D eigenvalue weighted by atomic mass is 10.1. The van der Waals surface area contributed by atoms with E-state index in [4.69, 9.17) is 9.72 Å². The Balaban J connectivity index is 1.29. The molecule has 29 heavy (non-hydrogen) atoms. The topological polar surface area (TPSA) is 53.5 Å². The maximum Gasteiger partial charge on any atom is 0.224 e. The highest BCUT2D eigenvalue weighted by Gasteiger charge is 2.18. The Morgan fingerprint density at radius 2 is 1.62 bits per heavy atom. The Morgan fingerprint density at radius 1 is 0.897 bits per heavy atom. The van der Waals surface area contributed by atoms with Crippen molar-refractivity contribution in [2.75, 3.05) is 55.0 Å². The summed E-state index contributed by atoms with van der Waals surface area (Å²) < 4.78 is 5.20. The monoisotopic (exact) mass is 389 g/mol. The highest BCUT2D eigenvalue weighted by Crippen LogP contribution is 2.19. The molecule has 6 heteroatoms. The first-order valence-corrected chi connectivity index (χ1v) is 10.1. The molecule has 0 atom stereocenters. The van der Waals surface area contributed by atoms with E-state index >= 15 is 0 Å². The van der Waals surface area contributed by atoms with Gasteiger partial charge in [-0.3, -0.25) is 0 Å². The third-order valence-electron chi connectivity index (χ3n) is 5.22. The van der Waals surface area contributed by atoms with Crippen molar-refractivity contribution in [2.45, 2.75) is 6.42 Å². The normalized spacial score (nSPS) is 14.0. The molecule has 1 N–H and O–H groups in total. The quantitative estimate of drug-likeness (QED) is 0.668. The van der Waals surface area contributed by atoms with Gasteiger partial charge in [-0.2, -0.15) is 4.98 Å². The first-order chi connectivity index (χ1) is 14.3. The Bertz CT molecular complexity index is 893. The number of aromatic nitrogens is 2. The first kappa shape index (κ1) is 19.1. The summed E-state index contributed by atoms with van der Waals surface area (Å²) in [6, 6.07) is 20.7. The number of rotatable bonds is 7. The summed E-state index contributed by atoms with van der Waals surface area (Å²) in [4.78, 5) is 13.8. The predicted molar refractivity (Wildman–Crippen MR) is 118 cm³/mol. The van der Waals surface area contributed by atoms with E-state index in [9.17, 15) is 0 Å². The van der Waals surface area contributed by atoms with Crippen molar-refractivity contribution in [3.05, 3.63) is 72.4 Å². The minimum absolute atomic E-state index is 0.682. The molecule has 2 heterocycles. The van der Waals surface area contributed by atoms with E-state index in [2.05, 4.69) is 62.6 Å². The van der Waals surface area contributed by atoms with Gasteiger partial charge >= 0.3 is 0 Å². The molecule has 0 radical (unpaired) electrons. The molecule has 1 fully saturated rings. The summed E-state index contributed by atoms with van der Waals surface area (Å²) in [5.74, 6) is 2.55. The molecule has 0 amide bonds. The molecule has 0 saturated carbocycles. The van der Waals surface area contributed by atoms with Gasteiger partial charge in [0.05, 0.1) is 7.11 Å². The summed E-state index contributed by atoms with van der Waals surface area (Å²) in [5.41, 5.74) is 2.54. The molecule has 6 nitrogen and oxygen atoms in total. The molecule has 0 aliphatic carbocycles. The zero-order valence-electron chi connectivity index (χ0n) is 16.8. The summed E-state index contributed by atoms with van der Waals surface area (Å²) in [7, 11) is 1.68. The second-order valence-corrected chi connectivity index (χ2v) is 7.07. The van der Waals surface area contributed by atoms with Crippen molar-refractivity contribution in [1.82, 2.24) is 9.97 Å². The molecular weight excluding hydrogens is 362 g/mol. The van der Waals surface area contributed by atoms with E-state index in [1.165, 1.54) is 11.3 Å². The number of benzene rings is 2. The van der Waals surface area contributed by atoms with Crippen LogP contribution in [0.25, 0.3) is 0 Å². The molecule has 1 aromatic heterocycles. The number of nitrogens with one attached hydrogen (secondary N) is 1. The van der Waals surface area contributed by atoms with Crippen molar-refractivity contribution in [2.24, 2.45) is 0 Å². The Morgan fingerprint density at radius 3 is 2.34 bits per heavy atom. The van der Waals surface area contributed by atoms with E-state index in [1.54, 1.807) is 7.11 Å². The number of nitrogens with zero attached hydrogens (tertiary/aromatic N) is 4. The maximum absolute atomic E-state index is 5.20. The number of hydrogen-bond acceptors (Lipinski definition) is 6. The fraction of sp³-hybridized carbons (Fsp3) is 0.304. The van der Waals surface area contributed by atoms with E-state index in [-0.39, 0.29) is 0 Å². The average molecular weight is 390 g/mol. The number of ether oxygens (including phenoxy) is 1. The van der Waals surface area contributed by atoms with E-state index in [0.717, 1.165) is 50.7 Å². The minimum Gasteiger partial charge on any atom is -0.497 e. The third kappa shape index (κ3) is 4.96. The third-order valence-corrected chi connectivity index (χ3v) is 5.22. The van der Waals surface area contributed by atoms with Gasteiger partial charge in [0.15, 0.2) is 0 Å². The van der Waals surface area contributed by atoms with Crippen LogP contribution in [0.2, 0.25) is 0 Å². The Hall–Kier alpha value is -3.28. The molecule has 0 spiro atoms. The van der Waals surface area contributed by atoms with Gasteiger partial charge in [-0.05, 0) is 42.3 Å². The molecule has 1 aliphatic rings. The van der Waals surface area contributed by atoms with Crippen LogP contribution in [-0.2, 0) is 6.42 Å².